The molecule has 0 bridgehead atoms. The summed E-state index contributed by atoms with van der Waals surface area (Å²) in [5, 5.41) is 34.4. The molecule has 0 aliphatic heterocycles. The average molecular weight is 424 g/mol. The molecule has 2 atom stereocenters. The molecule has 0 amide bonds. The van der Waals surface area contributed by atoms with Gasteiger partial charge in [0.2, 0.25) is 0 Å². The van der Waals surface area contributed by atoms with E-state index >= 15 is 0 Å². The lowest BCUT2D eigenvalue weighted by atomic mass is 9.73. The first-order chi connectivity index (χ1) is 16.2. The van der Waals surface area contributed by atoms with Crippen molar-refractivity contribution < 1.29 is 10.2 Å². The zero-order valence-corrected chi connectivity index (χ0v) is 17.8. The van der Waals surface area contributed by atoms with Crippen LogP contribution < -0.4 is 0 Å². The summed E-state index contributed by atoms with van der Waals surface area (Å²) >= 11 is 0. The number of phenolic OH excluding ortho intramolecular Hbond substituents is 1. The molecule has 0 saturated carbocycles. The SMILES string of the molecule is Oc1ccc(C(O)C2Cc3ccc4ccc5ccc6ccc7ccc2c2c3c4c5c6c72)cc1. The number of phenols is 1. The fourth-order valence-corrected chi connectivity index (χ4v) is 6.49. The lowest BCUT2D eigenvalue weighted by Gasteiger charge is -2.32. The number of benzene rings is 7. The Morgan fingerprint density at radius 1 is 0.545 bits per heavy atom. The van der Waals surface area contributed by atoms with Crippen LogP contribution in [0.15, 0.2) is 84.9 Å². The highest BCUT2D eigenvalue weighted by molar-refractivity contribution is 6.40. The van der Waals surface area contributed by atoms with E-state index in [0.29, 0.717) is 0 Å². The average Bonchev–Trinajstić information content (AvgIpc) is 2.86. The molecule has 0 spiro atoms. The maximum Gasteiger partial charge on any atom is 0.115 e. The predicted octanol–water partition coefficient (Wildman–Crippen LogP) is 7.41. The summed E-state index contributed by atoms with van der Waals surface area (Å²) in [4.78, 5) is 0. The van der Waals surface area contributed by atoms with Crippen molar-refractivity contribution in [3.63, 3.8) is 0 Å². The summed E-state index contributed by atoms with van der Waals surface area (Å²) in [6.07, 6.45) is 0.149. The topological polar surface area (TPSA) is 40.5 Å². The Balaban J connectivity index is 1.56. The van der Waals surface area contributed by atoms with Gasteiger partial charge in [-0.1, -0.05) is 72.8 Å². The Hall–Kier alpha value is -3.88. The minimum Gasteiger partial charge on any atom is -0.508 e. The zero-order valence-electron chi connectivity index (χ0n) is 17.8. The highest BCUT2D eigenvalue weighted by Crippen LogP contribution is 2.52. The molecule has 0 heterocycles. The lowest BCUT2D eigenvalue weighted by molar-refractivity contribution is 0.144. The molecular weight excluding hydrogens is 404 g/mol. The molecule has 0 fully saturated rings. The van der Waals surface area contributed by atoms with Crippen LogP contribution in [0.1, 0.15) is 28.7 Å². The fourth-order valence-electron chi connectivity index (χ4n) is 6.49. The smallest absolute Gasteiger partial charge is 0.115 e. The fraction of sp³-hybridized carbons (Fsp3) is 0.0968. The van der Waals surface area contributed by atoms with Crippen LogP contribution in [0.5, 0.6) is 5.75 Å². The van der Waals surface area contributed by atoms with Gasteiger partial charge in [-0.25, -0.2) is 0 Å². The highest BCUT2D eigenvalue weighted by Gasteiger charge is 2.32. The highest BCUT2D eigenvalue weighted by atomic mass is 16.3. The third kappa shape index (κ3) is 2.12. The lowest BCUT2D eigenvalue weighted by Crippen LogP contribution is -2.17. The van der Waals surface area contributed by atoms with Gasteiger partial charge in [0.15, 0.2) is 0 Å². The number of aliphatic hydroxyl groups is 1. The molecule has 7 aromatic carbocycles. The van der Waals surface area contributed by atoms with Crippen molar-refractivity contribution in [2.24, 2.45) is 0 Å². The summed E-state index contributed by atoms with van der Waals surface area (Å²) in [7, 11) is 0. The van der Waals surface area contributed by atoms with Crippen LogP contribution in [0.2, 0.25) is 0 Å². The summed E-state index contributed by atoms with van der Waals surface area (Å²) in [5.74, 6) is 0.175. The Morgan fingerprint density at radius 3 is 1.64 bits per heavy atom. The van der Waals surface area contributed by atoms with E-state index in [2.05, 4.69) is 60.7 Å². The predicted molar refractivity (Wildman–Crippen MR) is 136 cm³/mol. The van der Waals surface area contributed by atoms with E-state index in [-0.39, 0.29) is 11.7 Å². The van der Waals surface area contributed by atoms with Crippen molar-refractivity contribution in [3.8, 4) is 5.75 Å². The quantitative estimate of drug-likeness (QED) is 0.224. The number of aliphatic hydroxyl groups excluding tert-OH is 1. The Morgan fingerprint density at radius 2 is 1.03 bits per heavy atom. The largest absolute Gasteiger partial charge is 0.508 e. The van der Waals surface area contributed by atoms with Crippen LogP contribution in [0.25, 0.3) is 53.9 Å². The van der Waals surface area contributed by atoms with Crippen LogP contribution >= 0.6 is 0 Å². The molecule has 0 aromatic heterocycles. The molecule has 2 N–H and O–H groups in total. The van der Waals surface area contributed by atoms with Gasteiger partial charge in [0.05, 0.1) is 6.10 Å². The van der Waals surface area contributed by atoms with Gasteiger partial charge in [-0.2, -0.15) is 0 Å². The monoisotopic (exact) mass is 424 g/mol. The van der Waals surface area contributed by atoms with E-state index < -0.39 is 6.10 Å². The second kappa shape index (κ2) is 5.92. The van der Waals surface area contributed by atoms with Crippen LogP contribution in [0, 0.1) is 0 Å². The van der Waals surface area contributed by atoms with E-state index in [0.717, 1.165) is 12.0 Å². The van der Waals surface area contributed by atoms with Crippen molar-refractivity contribution in [2.75, 3.05) is 0 Å². The molecule has 156 valence electrons. The van der Waals surface area contributed by atoms with E-state index in [9.17, 15) is 10.2 Å². The van der Waals surface area contributed by atoms with Crippen molar-refractivity contribution in [1.29, 1.82) is 0 Å². The van der Waals surface area contributed by atoms with E-state index in [1.807, 2.05) is 12.1 Å². The molecular formula is C31H20O2. The number of aromatic hydroxyl groups is 1. The van der Waals surface area contributed by atoms with Crippen molar-refractivity contribution >= 4 is 53.9 Å². The Labute approximate surface area is 190 Å². The standard InChI is InChI=1S/C31H20O2/c32-22-12-9-20(10-13-22)31(33)24-15-21-8-7-18-4-2-16-1-3-17-5-6-19-11-14-23(24)30-28(19)26(17)25(16)27(18)29(21)30/h1-14,24,31-33H,15H2. The molecule has 0 saturated heterocycles. The minimum absolute atomic E-state index is 0.0429. The first-order valence-electron chi connectivity index (χ1n) is 11.5. The van der Waals surface area contributed by atoms with Crippen LogP contribution in [0.3, 0.4) is 0 Å². The van der Waals surface area contributed by atoms with E-state index in [4.69, 9.17) is 0 Å². The number of hydrogen-bond acceptors (Lipinski definition) is 2. The molecule has 8 rings (SSSR count). The molecule has 2 nitrogen and oxygen atoms in total. The van der Waals surface area contributed by atoms with Gasteiger partial charge in [-0.3, -0.25) is 0 Å². The summed E-state index contributed by atoms with van der Waals surface area (Å²) < 4.78 is 0. The third-order valence-corrected chi connectivity index (χ3v) is 7.95. The first kappa shape index (κ1) is 17.6. The van der Waals surface area contributed by atoms with E-state index in [1.54, 1.807) is 12.1 Å². The second-order valence-electron chi connectivity index (χ2n) is 9.57. The van der Waals surface area contributed by atoms with Crippen molar-refractivity contribution in [3.05, 3.63) is 102 Å². The van der Waals surface area contributed by atoms with Gasteiger partial charge in [0, 0.05) is 5.92 Å². The number of rotatable bonds is 2. The molecule has 1 aliphatic rings. The first-order valence-corrected chi connectivity index (χ1v) is 11.5. The zero-order chi connectivity index (χ0) is 21.8. The van der Waals surface area contributed by atoms with E-state index in [1.165, 1.54) is 65.0 Å². The Kier molecular flexibility index (Phi) is 3.16. The molecule has 2 heteroatoms. The van der Waals surface area contributed by atoms with Crippen LogP contribution in [-0.2, 0) is 6.42 Å². The molecule has 7 aromatic rings. The third-order valence-electron chi connectivity index (χ3n) is 7.95. The molecule has 33 heavy (non-hydrogen) atoms. The van der Waals surface area contributed by atoms with Crippen molar-refractivity contribution in [2.45, 2.75) is 18.4 Å². The molecule has 2 unspecified atom stereocenters. The van der Waals surface area contributed by atoms with Gasteiger partial charge in [-0.15, -0.1) is 0 Å². The van der Waals surface area contributed by atoms with Crippen molar-refractivity contribution in [1.82, 2.24) is 0 Å². The normalized spacial score (nSPS) is 16.8. The van der Waals surface area contributed by atoms with Gasteiger partial charge in [0.25, 0.3) is 0 Å². The maximum absolute atomic E-state index is 11.5. The summed E-state index contributed by atoms with van der Waals surface area (Å²) in [6.45, 7) is 0. The Bertz CT molecular complexity index is 1850. The number of hydrogen-bond donors (Lipinski definition) is 2. The summed E-state index contributed by atoms with van der Waals surface area (Å²) in [6, 6.07) is 29.4. The molecule has 0 radical (unpaired) electrons. The van der Waals surface area contributed by atoms with Gasteiger partial charge >= 0.3 is 0 Å². The van der Waals surface area contributed by atoms with Crippen LogP contribution in [-0.4, -0.2) is 10.2 Å². The van der Waals surface area contributed by atoms with Gasteiger partial charge in [-0.05, 0) is 89.1 Å². The van der Waals surface area contributed by atoms with Gasteiger partial charge in [0.1, 0.15) is 5.75 Å². The second-order valence-corrected chi connectivity index (χ2v) is 9.57. The minimum atomic E-state index is -0.643. The molecule has 1 aliphatic carbocycles. The van der Waals surface area contributed by atoms with Gasteiger partial charge < -0.3 is 10.2 Å². The maximum atomic E-state index is 11.5. The van der Waals surface area contributed by atoms with Crippen LogP contribution in [0.4, 0.5) is 0 Å². The summed E-state index contributed by atoms with van der Waals surface area (Å²) in [5.41, 5.74) is 3.37.